The fourth-order valence-electron chi connectivity index (χ4n) is 11.0. The van der Waals surface area contributed by atoms with E-state index in [4.69, 9.17) is 15.2 Å². The van der Waals surface area contributed by atoms with Gasteiger partial charge in [0.25, 0.3) is 11.8 Å². The molecular formula is C60H99N11O12S. The zero-order valence-corrected chi connectivity index (χ0v) is 52.9. The van der Waals surface area contributed by atoms with E-state index in [0.717, 1.165) is 22.6 Å². The summed E-state index contributed by atoms with van der Waals surface area (Å²) < 4.78 is 12.2. The molecule has 0 radical (unpaired) electrons. The second-order valence-corrected chi connectivity index (χ2v) is 23.9. The average molecular weight is 1200 g/mol. The summed E-state index contributed by atoms with van der Waals surface area (Å²) in [6.07, 6.45) is 5.77. The summed E-state index contributed by atoms with van der Waals surface area (Å²) >= 11 is 1.46. The topological polar surface area (TPSA) is 300 Å². The third kappa shape index (κ3) is 21.8. The van der Waals surface area contributed by atoms with E-state index in [1.54, 1.807) is 23.8 Å². The van der Waals surface area contributed by atoms with E-state index >= 15 is 0 Å². The van der Waals surface area contributed by atoms with Crippen LogP contribution in [0.1, 0.15) is 112 Å². The molecule has 2 aliphatic rings. The number of nitrogens with one attached hydrogen (secondary N) is 6. The van der Waals surface area contributed by atoms with Gasteiger partial charge in [-0.1, -0.05) is 85.2 Å². The number of amides is 10. The second kappa shape index (κ2) is 36.8. The van der Waals surface area contributed by atoms with Crippen LogP contribution in [0.3, 0.4) is 0 Å². The van der Waals surface area contributed by atoms with Crippen LogP contribution in [0.2, 0.25) is 0 Å². The van der Waals surface area contributed by atoms with E-state index in [0.29, 0.717) is 50.9 Å². The van der Waals surface area contributed by atoms with Crippen LogP contribution in [0.25, 0.3) is 0 Å². The number of unbranched alkanes of at least 4 members (excludes halogenated alkanes) is 1. The molecule has 1 saturated heterocycles. The first-order valence-corrected chi connectivity index (χ1v) is 31.1. The summed E-state index contributed by atoms with van der Waals surface area (Å²) in [7, 11) is 8.36. The minimum absolute atomic E-state index is 0.00683. The normalized spacial score (nSPS) is 17.8. The highest BCUT2D eigenvalue weighted by molar-refractivity contribution is 7.98. The van der Waals surface area contributed by atoms with Crippen molar-refractivity contribution < 1.29 is 57.4 Å². The Hall–Kier alpha value is -5.95. The number of hydrogen-bond acceptors (Lipinski definition) is 15. The Balaban J connectivity index is 1.80. The molecule has 3 rings (SSSR count). The molecule has 0 aliphatic carbocycles. The molecule has 1 fully saturated rings. The van der Waals surface area contributed by atoms with Crippen molar-refractivity contribution in [2.75, 3.05) is 80.1 Å². The summed E-state index contributed by atoms with van der Waals surface area (Å²) in [6.45, 7) is 14.1. The molecular weight excluding hydrogens is 1100 g/mol. The molecule has 2 heterocycles. The summed E-state index contributed by atoms with van der Waals surface area (Å²) in [5.74, 6) is -5.27. The Morgan fingerprint density at radius 1 is 0.750 bits per heavy atom. The highest BCUT2D eigenvalue weighted by Gasteiger charge is 2.44. The first-order valence-electron chi connectivity index (χ1n) is 29.7. The Kier molecular flexibility index (Phi) is 31.7. The maximum atomic E-state index is 14.6. The van der Waals surface area contributed by atoms with Crippen LogP contribution in [-0.2, 0) is 63.8 Å². The Morgan fingerprint density at radius 2 is 1.36 bits per heavy atom. The molecule has 0 saturated carbocycles. The fraction of sp³-hybridized carbons (Fsp3) is 0.700. The van der Waals surface area contributed by atoms with Gasteiger partial charge < -0.3 is 56.9 Å². The van der Waals surface area contributed by atoms with Gasteiger partial charge in [-0.05, 0) is 94.5 Å². The first kappa shape index (κ1) is 72.3. The van der Waals surface area contributed by atoms with E-state index < -0.39 is 102 Å². The van der Waals surface area contributed by atoms with Crippen LogP contribution in [0, 0.1) is 23.7 Å². The molecule has 11 atom stereocenters. The Bertz CT molecular complexity index is 2340. The zero-order chi connectivity index (χ0) is 62.8. The van der Waals surface area contributed by atoms with Crippen molar-refractivity contribution in [3.63, 3.8) is 0 Å². The highest BCUT2D eigenvalue weighted by atomic mass is 32.2. The van der Waals surface area contributed by atoms with Crippen molar-refractivity contribution >= 4 is 70.8 Å². The molecule has 1 unspecified atom stereocenters. The van der Waals surface area contributed by atoms with E-state index in [1.165, 1.54) is 26.0 Å². The lowest BCUT2D eigenvalue weighted by Gasteiger charge is -2.41. The average Bonchev–Trinajstić information content (AvgIpc) is 3.96. The molecule has 0 bridgehead atoms. The highest BCUT2D eigenvalue weighted by Crippen LogP contribution is 2.30. The summed E-state index contributed by atoms with van der Waals surface area (Å²) in [5, 5.41) is 17.1. The smallest absolute Gasteiger partial charge is 0.253 e. The predicted molar refractivity (Wildman–Crippen MR) is 324 cm³/mol. The molecule has 1 aromatic rings. The van der Waals surface area contributed by atoms with E-state index in [2.05, 4.69) is 31.9 Å². The third-order valence-electron chi connectivity index (χ3n) is 15.9. The minimum Gasteiger partial charge on any atom is -0.379 e. The summed E-state index contributed by atoms with van der Waals surface area (Å²) in [5.41, 5.74) is 6.50. The number of hydrogen-bond donors (Lipinski definition) is 7. The predicted octanol–water partition coefficient (Wildman–Crippen LogP) is 1.76. The standard InChI is InChI=1S/C60H99N11O12S/c1-14-39(6)53(69(10)60(81)51(37(2)3)67-59(80)52(38(4)5)68(8)9)46(82-11)36-50(75)70-32-20-24-45(70)54(83-12)40(7)55(76)66-44(35-41-21-16-15-17-22-41)58(79)65-43(28-34-84-13)57(78)64-42(23-18-19-29-61)56(77)63-31-30-62-47(72)27-33-71-48(73)25-26-49(71)74/h15-17,21-22,25-26,37-40,42-46,51-54H,14,18-20,23-24,27-36,61H2,1-13H3,(H,62,72)(H,63,77)(H,64,78)(H,65,79)(H,66,76)(H,67,80)/t39-,40+,42-,43-,44-,45-,46+,51-,52-,53-,54?/m0/s1. The van der Waals surface area contributed by atoms with E-state index in [-0.39, 0.29) is 87.2 Å². The molecule has 1 aromatic carbocycles. The minimum atomic E-state index is -1.18. The molecule has 472 valence electrons. The Labute approximate surface area is 502 Å². The molecule has 84 heavy (non-hydrogen) atoms. The van der Waals surface area contributed by atoms with Crippen LogP contribution in [0.4, 0.5) is 0 Å². The number of carbonyl (C=O) groups is 10. The lowest BCUT2D eigenvalue weighted by atomic mass is 9.89. The summed E-state index contributed by atoms with van der Waals surface area (Å²) in [4.78, 5) is 142. The monoisotopic (exact) mass is 1200 g/mol. The molecule has 24 heteroatoms. The van der Waals surface area contributed by atoms with Gasteiger partial charge in [-0.25, -0.2) is 0 Å². The molecule has 2 aliphatic heterocycles. The van der Waals surface area contributed by atoms with Gasteiger partial charge in [0, 0.05) is 72.4 Å². The first-order chi connectivity index (χ1) is 39.9. The quantitative estimate of drug-likeness (QED) is 0.0367. The second-order valence-electron chi connectivity index (χ2n) is 23.0. The van der Waals surface area contributed by atoms with Gasteiger partial charge in [-0.2, -0.15) is 11.8 Å². The fourth-order valence-corrected chi connectivity index (χ4v) is 11.5. The van der Waals surface area contributed by atoms with Crippen LogP contribution in [-0.4, -0.2) is 213 Å². The number of thioether (sulfide) groups is 1. The van der Waals surface area contributed by atoms with Gasteiger partial charge in [0.2, 0.25) is 47.3 Å². The molecule has 0 aromatic heterocycles. The van der Waals surface area contributed by atoms with Crippen LogP contribution >= 0.6 is 11.8 Å². The van der Waals surface area contributed by atoms with Crippen molar-refractivity contribution in [2.24, 2.45) is 29.4 Å². The van der Waals surface area contributed by atoms with Crippen molar-refractivity contribution in [2.45, 2.75) is 167 Å². The van der Waals surface area contributed by atoms with Gasteiger partial charge in [0.05, 0.1) is 42.7 Å². The number of rotatable bonds is 38. The number of benzene rings is 1. The zero-order valence-electron chi connectivity index (χ0n) is 52.0. The number of ether oxygens (including phenoxy) is 2. The van der Waals surface area contributed by atoms with E-state index in [1.807, 2.05) is 97.1 Å². The lowest BCUT2D eigenvalue weighted by Crippen LogP contribution is -2.60. The van der Waals surface area contributed by atoms with Gasteiger partial charge in [0.15, 0.2) is 0 Å². The summed E-state index contributed by atoms with van der Waals surface area (Å²) in [6, 6.07) is 3.41. The van der Waals surface area contributed by atoms with E-state index in [9.17, 15) is 47.9 Å². The molecule has 23 nitrogen and oxygen atoms in total. The van der Waals surface area contributed by atoms with Gasteiger partial charge >= 0.3 is 0 Å². The molecule has 10 amide bonds. The maximum absolute atomic E-state index is 14.6. The van der Waals surface area contributed by atoms with Gasteiger partial charge in [-0.15, -0.1) is 0 Å². The van der Waals surface area contributed by atoms with Crippen LogP contribution in [0.5, 0.6) is 0 Å². The number of nitrogens with two attached hydrogens (primary N) is 1. The molecule has 8 N–H and O–H groups in total. The van der Waals surface area contributed by atoms with Crippen LogP contribution < -0.4 is 37.6 Å². The van der Waals surface area contributed by atoms with Crippen molar-refractivity contribution in [3.05, 3.63) is 48.0 Å². The molecule has 0 spiro atoms. The van der Waals surface area contributed by atoms with Crippen molar-refractivity contribution in [1.29, 1.82) is 0 Å². The third-order valence-corrected chi connectivity index (χ3v) is 16.5. The van der Waals surface area contributed by atoms with Crippen molar-refractivity contribution in [1.82, 2.24) is 51.5 Å². The number of likely N-dealkylation sites (N-methyl/N-ethyl adjacent to an activating group) is 2. The Morgan fingerprint density at radius 3 is 1.92 bits per heavy atom. The van der Waals surface area contributed by atoms with Crippen LogP contribution in [0.15, 0.2) is 42.5 Å². The number of likely N-dealkylation sites (tertiary alicyclic amines) is 1. The number of carbonyl (C=O) groups excluding carboxylic acids is 10. The van der Waals surface area contributed by atoms with Gasteiger partial charge in [-0.3, -0.25) is 57.7 Å². The lowest BCUT2D eigenvalue weighted by molar-refractivity contribution is -0.148. The number of imide groups is 1. The maximum Gasteiger partial charge on any atom is 0.253 e. The SMILES string of the molecule is CC[C@H](C)[C@@H]([C@@H](CC(=O)N1CCC[C@H]1C(OC)[C@@H](C)C(=O)N[C@@H](Cc1ccccc1)C(=O)N[C@@H](CCSC)C(=O)N[C@@H](CCCCN)C(=O)NCCNC(=O)CCN1C(=O)C=CC1=O)OC)N(C)C(=O)[C@@H](NC(=O)[C@H](C(C)C)N(C)C)C(C)C. The number of methoxy groups -OCH3 is 2. The van der Waals surface area contributed by atoms with Crippen molar-refractivity contribution in [3.8, 4) is 0 Å². The van der Waals surface area contributed by atoms with Gasteiger partial charge in [0.1, 0.15) is 24.2 Å². The largest absolute Gasteiger partial charge is 0.379 e. The number of nitrogens with zero attached hydrogens (tertiary/aromatic N) is 4.